The minimum atomic E-state index is 0.0615. The third-order valence-electron chi connectivity index (χ3n) is 4.23. The number of benzene rings is 1. The fourth-order valence-electron chi connectivity index (χ4n) is 2.55. The summed E-state index contributed by atoms with van der Waals surface area (Å²) in [6.07, 6.45) is 0.100. The highest BCUT2D eigenvalue weighted by atomic mass is 16.5. The Hall–Kier alpha value is -1.79. The number of guanidine groups is 1. The summed E-state index contributed by atoms with van der Waals surface area (Å²) >= 11 is 0. The molecule has 1 atom stereocenters. The number of methoxy groups -OCH3 is 1. The van der Waals surface area contributed by atoms with E-state index in [9.17, 15) is 0 Å². The average molecular weight is 379 g/mol. The lowest BCUT2D eigenvalue weighted by Gasteiger charge is -2.30. The van der Waals surface area contributed by atoms with Gasteiger partial charge in [-0.15, -0.1) is 0 Å². The van der Waals surface area contributed by atoms with Gasteiger partial charge in [-0.25, -0.2) is 4.99 Å². The zero-order chi connectivity index (χ0) is 20.3. The topological polar surface area (TPSA) is 58.1 Å². The van der Waals surface area contributed by atoms with Crippen molar-refractivity contribution in [3.05, 3.63) is 29.8 Å². The second kappa shape index (κ2) is 11.8. The Bertz CT molecular complexity index is 568. The largest absolute Gasteiger partial charge is 0.492 e. The number of nitrogens with zero attached hydrogens (tertiary/aromatic N) is 2. The molecule has 0 fully saturated rings. The number of likely N-dealkylation sites (N-methyl/N-ethyl adjacent to an activating group) is 1. The lowest BCUT2D eigenvalue weighted by Crippen LogP contribution is -2.45. The van der Waals surface area contributed by atoms with Crippen LogP contribution in [0.2, 0.25) is 0 Å². The number of hydrogen-bond donors (Lipinski definition) is 2. The summed E-state index contributed by atoms with van der Waals surface area (Å²) in [6.45, 7) is 12.2. The monoisotopic (exact) mass is 378 g/mol. The Balaban J connectivity index is 2.74. The van der Waals surface area contributed by atoms with Crippen LogP contribution >= 0.6 is 0 Å². The number of rotatable bonds is 10. The molecule has 27 heavy (non-hydrogen) atoms. The van der Waals surface area contributed by atoms with E-state index in [0.29, 0.717) is 19.7 Å². The molecular weight excluding hydrogens is 340 g/mol. The second-order valence-corrected chi connectivity index (χ2v) is 7.93. The molecule has 0 aliphatic heterocycles. The van der Waals surface area contributed by atoms with Crippen LogP contribution in [0.15, 0.2) is 29.3 Å². The first kappa shape index (κ1) is 23.2. The predicted molar refractivity (Wildman–Crippen MR) is 114 cm³/mol. The average Bonchev–Trinajstić information content (AvgIpc) is 2.59. The van der Waals surface area contributed by atoms with Crippen molar-refractivity contribution in [3.8, 4) is 5.75 Å². The maximum absolute atomic E-state index is 5.93. The molecule has 0 bridgehead atoms. The number of para-hydroxylation sites is 1. The summed E-state index contributed by atoms with van der Waals surface area (Å²) in [7, 11) is 5.83. The molecule has 0 aliphatic rings. The summed E-state index contributed by atoms with van der Waals surface area (Å²) in [6, 6.07) is 8.07. The van der Waals surface area contributed by atoms with Gasteiger partial charge >= 0.3 is 0 Å². The Morgan fingerprint density at radius 2 is 1.89 bits per heavy atom. The van der Waals surface area contributed by atoms with Crippen molar-refractivity contribution < 1.29 is 9.47 Å². The van der Waals surface area contributed by atoms with Gasteiger partial charge in [-0.3, -0.25) is 0 Å². The summed E-state index contributed by atoms with van der Waals surface area (Å²) in [5.41, 5.74) is 1.14. The molecule has 0 spiro atoms. The second-order valence-electron chi connectivity index (χ2n) is 7.93. The van der Waals surface area contributed by atoms with Gasteiger partial charge in [-0.05, 0) is 32.5 Å². The third kappa shape index (κ3) is 9.11. The summed E-state index contributed by atoms with van der Waals surface area (Å²) in [5, 5.41) is 6.69. The first-order valence-corrected chi connectivity index (χ1v) is 9.68. The quantitative estimate of drug-likeness (QED) is 0.484. The molecule has 6 heteroatoms. The van der Waals surface area contributed by atoms with Gasteiger partial charge in [0.1, 0.15) is 12.4 Å². The Morgan fingerprint density at radius 1 is 1.19 bits per heavy atom. The highest BCUT2D eigenvalue weighted by molar-refractivity contribution is 5.79. The van der Waals surface area contributed by atoms with E-state index in [1.165, 1.54) is 0 Å². The van der Waals surface area contributed by atoms with Crippen molar-refractivity contribution in [2.75, 3.05) is 47.4 Å². The molecule has 6 nitrogen and oxygen atoms in total. The minimum Gasteiger partial charge on any atom is -0.492 e. The van der Waals surface area contributed by atoms with Gasteiger partial charge in [0.2, 0.25) is 0 Å². The normalized spacial score (nSPS) is 13.6. The Kier molecular flexibility index (Phi) is 10.2. The fraction of sp³-hybridized carbons (Fsp3) is 0.667. The van der Waals surface area contributed by atoms with Crippen LogP contribution in [0.3, 0.4) is 0 Å². The minimum absolute atomic E-state index is 0.0615. The van der Waals surface area contributed by atoms with Gasteiger partial charge in [0.05, 0.1) is 12.6 Å². The molecule has 1 aromatic rings. The van der Waals surface area contributed by atoms with Gasteiger partial charge < -0.3 is 25.0 Å². The van der Waals surface area contributed by atoms with E-state index in [2.05, 4.69) is 49.3 Å². The zero-order valence-corrected chi connectivity index (χ0v) is 18.1. The van der Waals surface area contributed by atoms with Crippen LogP contribution < -0.4 is 15.4 Å². The van der Waals surface area contributed by atoms with E-state index in [1.54, 1.807) is 7.11 Å². The standard InChI is InChI=1S/C21H38N4O2/c1-8-22-20(24-16-19(26-7)21(2,3)4)23-15-17-11-9-10-12-18(17)27-14-13-25(5)6/h9-12,19H,8,13-16H2,1-7H3,(H2,22,23,24). The number of nitrogens with one attached hydrogen (secondary N) is 2. The molecule has 0 aromatic heterocycles. The third-order valence-corrected chi connectivity index (χ3v) is 4.23. The number of aliphatic imine (C=N–C) groups is 1. The van der Waals surface area contributed by atoms with Gasteiger partial charge in [-0.1, -0.05) is 39.0 Å². The predicted octanol–water partition coefficient (Wildman–Crippen LogP) is 2.74. The smallest absolute Gasteiger partial charge is 0.191 e. The molecule has 0 amide bonds. The van der Waals surface area contributed by atoms with Crippen LogP contribution in [-0.2, 0) is 11.3 Å². The first-order chi connectivity index (χ1) is 12.8. The number of hydrogen-bond acceptors (Lipinski definition) is 4. The van der Waals surface area contributed by atoms with E-state index in [4.69, 9.17) is 14.5 Å². The van der Waals surface area contributed by atoms with Crippen LogP contribution in [0.1, 0.15) is 33.3 Å². The van der Waals surface area contributed by atoms with Crippen LogP contribution in [-0.4, -0.2) is 64.4 Å². The van der Waals surface area contributed by atoms with E-state index in [1.807, 2.05) is 32.3 Å². The molecule has 0 heterocycles. The van der Waals surface area contributed by atoms with E-state index < -0.39 is 0 Å². The maximum Gasteiger partial charge on any atom is 0.191 e. The maximum atomic E-state index is 5.93. The lowest BCUT2D eigenvalue weighted by molar-refractivity contribution is 0.0205. The molecular formula is C21H38N4O2. The van der Waals surface area contributed by atoms with E-state index in [-0.39, 0.29) is 11.5 Å². The molecule has 0 radical (unpaired) electrons. The van der Waals surface area contributed by atoms with Gasteiger partial charge in [-0.2, -0.15) is 0 Å². The SMILES string of the molecule is CCNC(=NCc1ccccc1OCCN(C)C)NCC(OC)C(C)(C)C. The van der Waals surface area contributed by atoms with Crippen LogP contribution in [0.4, 0.5) is 0 Å². The fourth-order valence-corrected chi connectivity index (χ4v) is 2.55. The summed E-state index contributed by atoms with van der Waals surface area (Å²) < 4.78 is 11.5. The molecule has 0 aliphatic carbocycles. The van der Waals surface area contributed by atoms with Crippen molar-refractivity contribution in [1.82, 2.24) is 15.5 Å². The summed E-state index contributed by atoms with van der Waals surface area (Å²) in [4.78, 5) is 6.83. The van der Waals surface area contributed by atoms with Crippen LogP contribution in [0.5, 0.6) is 5.75 Å². The first-order valence-electron chi connectivity index (χ1n) is 9.68. The van der Waals surface area contributed by atoms with Gasteiger partial charge in [0.25, 0.3) is 0 Å². The zero-order valence-electron chi connectivity index (χ0n) is 18.1. The van der Waals surface area contributed by atoms with Crippen molar-refractivity contribution in [3.63, 3.8) is 0 Å². The van der Waals surface area contributed by atoms with Gasteiger partial charge in [0, 0.05) is 32.3 Å². The molecule has 1 aromatic carbocycles. The van der Waals surface area contributed by atoms with E-state index >= 15 is 0 Å². The summed E-state index contributed by atoms with van der Waals surface area (Å²) in [5.74, 6) is 1.68. The van der Waals surface area contributed by atoms with Crippen molar-refractivity contribution in [1.29, 1.82) is 0 Å². The molecule has 2 N–H and O–H groups in total. The van der Waals surface area contributed by atoms with Crippen molar-refractivity contribution >= 4 is 5.96 Å². The van der Waals surface area contributed by atoms with Crippen molar-refractivity contribution in [2.45, 2.75) is 40.3 Å². The van der Waals surface area contributed by atoms with E-state index in [0.717, 1.165) is 30.4 Å². The highest BCUT2D eigenvalue weighted by Crippen LogP contribution is 2.21. The lowest BCUT2D eigenvalue weighted by atomic mass is 9.89. The molecule has 154 valence electrons. The molecule has 1 unspecified atom stereocenters. The van der Waals surface area contributed by atoms with Gasteiger partial charge in [0.15, 0.2) is 5.96 Å². The number of ether oxygens (including phenoxy) is 2. The molecule has 0 saturated carbocycles. The van der Waals surface area contributed by atoms with Crippen LogP contribution in [0, 0.1) is 5.41 Å². The Morgan fingerprint density at radius 3 is 2.48 bits per heavy atom. The van der Waals surface area contributed by atoms with Crippen LogP contribution in [0.25, 0.3) is 0 Å². The van der Waals surface area contributed by atoms with Crippen molar-refractivity contribution in [2.24, 2.45) is 10.4 Å². The Labute approximate surface area is 165 Å². The molecule has 0 saturated heterocycles. The highest BCUT2D eigenvalue weighted by Gasteiger charge is 2.24. The molecule has 1 rings (SSSR count).